The smallest absolute Gasteiger partial charge is 0.407 e. The number of methoxy groups -OCH3 is 2. The molecule has 0 radical (unpaired) electrons. The summed E-state index contributed by atoms with van der Waals surface area (Å²) in [6, 6.07) is 10.4. The Balaban J connectivity index is 1.11. The molecule has 4 atom stereocenters. The zero-order valence-electron chi connectivity index (χ0n) is 33.3. The lowest BCUT2D eigenvalue weighted by molar-refractivity contribution is -0.136. The molecule has 14 nitrogen and oxygen atoms in total. The van der Waals surface area contributed by atoms with Gasteiger partial charge in [-0.1, -0.05) is 39.8 Å². The minimum Gasteiger partial charge on any atom is -0.453 e. The van der Waals surface area contributed by atoms with Crippen molar-refractivity contribution < 1.29 is 37.4 Å². The number of carbonyl (C=O) groups excluding carboxylic acids is 4. The van der Waals surface area contributed by atoms with E-state index in [4.69, 9.17) is 19.4 Å². The number of imidazole rings is 2. The number of nitrogens with zero attached hydrogens (tertiary/aromatic N) is 4. The Morgan fingerprint density at radius 1 is 0.672 bits per heavy atom. The summed E-state index contributed by atoms with van der Waals surface area (Å²) in [5, 5.41) is 5.30. The van der Waals surface area contributed by atoms with Crippen LogP contribution in [0.1, 0.15) is 77.1 Å². The lowest BCUT2D eigenvalue weighted by atomic mass is 9.98. The van der Waals surface area contributed by atoms with Crippen LogP contribution in [0.2, 0.25) is 0 Å². The van der Waals surface area contributed by atoms with Crippen molar-refractivity contribution in [3.05, 3.63) is 71.8 Å². The SMILES string of the molecule is COC(=O)N[C@H](C(=O)N1CCCC1c1nc2cc(-c3cc(F)c(-c4ccc5[nH]c([C@@H]6CCCN6C(=O)[C@@H](NC(=O)OC)C(C)C)nc5c4)cc3F)ccc2[nH]1)C(C)C. The first-order valence-electron chi connectivity index (χ1n) is 19.6. The van der Waals surface area contributed by atoms with Crippen LogP contribution in [0.15, 0.2) is 48.5 Å². The fraction of sp³-hybridized carbons (Fsp3) is 0.429. The van der Waals surface area contributed by atoms with E-state index in [9.17, 15) is 19.2 Å². The number of hydrogen-bond donors (Lipinski definition) is 4. The molecule has 4 N–H and O–H groups in total. The Bertz CT molecular complexity index is 2210. The monoisotopic (exact) mass is 798 g/mol. The molecule has 1 unspecified atom stereocenters. The number of hydrogen-bond acceptors (Lipinski definition) is 8. The van der Waals surface area contributed by atoms with Crippen molar-refractivity contribution in [3.8, 4) is 22.3 Å². The third-order valence-corrected chi connectivity index (χ3v) is 11.2. The number of aromatic amines is 2. The molecule has 58 heavy (non-hydrogen) atoms. The maximum Gasteiger partial charge on any atom is 0.407 e. The fourth-order valence-electron chi connectivity index (χ4n) is 8.08. The number of nitrogens with one attached hydrogen (secondary N) is 4. The Kier molecular flexibility index (Phi) is 11.4. The van der Waals surface area contributed by atoms with E-state index in [-0.39, 0.29) is 46.9 Å². The van der Waals surface area contributed by atoms with Gasteiger partial charge >= 0.3 is 12.2 Å². The minimum atomic E-state index is -0.773. The van der Waals surface area contributed by atoms with Gasteiger partial charge in [-0.3, -0.25) is 9.59 Å². The number of H-pyrrole nitrogens is 2. The normalized spacial score (nSPS) is 18.0. The number of benzene rings is 3. The van der Waals surface area contributed by atoms with Gasteiger partial charge in [-0.2, -0.15) is 0 Å². The van der Waals surface area contributed by atoms with Crippen LogP contribution in [0.4, 0.5) is 18.4 Å². The van der Waals surface area contributed by atoms with Gasteiger partial charge in [0.05, 0.1) is 48.4 Å². The second-order valence-corrected chi connectivity index (χ2v) is 15.6. The number of alkyl carbamates (subject to hydrolysis) is 2. The number of carbonyl (C=O) groups is 4. The van der Waals surface area contributed by atoms with Crippen molar-refractivity contribution in [2.24, 2.45) is 11.8 Å². The summed E-state index contributed by atoms with van der Waals surface area (Å²) in [5.41, 5.74) is 3.41. The average molecular weight is 799 g/mol. The standard InChI is InChI=1S/C42H48F2N8O6/c1-21(2)35(49-41(55)57-5)39(53)51-15-7-9-33(51)37-45-29-13-11-23(17-31(29)47-37)25-19-28(44)26(20-27(25)43)24-12-14-30-32(18-24)48-38(46-30)34-10-8-16-52(34)40(54)36(22(3)4)50-42(56)58-6/h11-14,17-22,33-36H,7-10,15-16H2,1-6H3,(H,45,47)(H,46,48)(H,49,55)(H,50,56)/t33-,34?,35-,36-/m0/s1. The molecule has 4 amide bonds. The van der Waals surface area contributed by atoms with Crippen molar-refractivity contribution in [2.75, 3.05) is 27.3 Å². The predicted molar refractivity (Wildman–Crippen MR) is 212 cm³/mol. The Morgan fingerprint density at radius 2 is 1.07 bits per heavy atom. The van der Waals surface area contributed by atoms with Crippen molar-refractivity contribution >= 4 is 46.1 Å². The van der Waals surface area contributed by atoms with Crippen molar-refractivity contribution in [2.45, 2.75) is 77.5 Å². The molecule has 306 valence electrons. The van der Waals surface area contributed by atoms with Crippen LogP contribution < -0.4 is 10.6 Å². The van der Waals surface area contributed by atoms with Crippen LogP contribution in [0.3, 0.4) is 0 Å². The van der Waals surface area contributed by atoms with E-state index < -0.39 is 35.9 Å². The summed E-state index contributed by atoms with van der Waals surface area (Å²) in [5.74, 6) is -0.925. The van der Waals surface area contributed by atoms with E-state index in [1.807, 2.05) is 27.7 Å². The summed E-state index contributed by atoms with van der Waals surface area (Å²) in [6.07, 6.45) is 1.48. The molecule has 5 aromatic rings. The van der Waals surface area contributed by atoms with Crippen LogP contribution in [-0.4, -0.2) is 93.1 Å². The first-order chi connectivity index (χ1) is 27.8. The molecule has 0 saturated carbocycles. The van der Waals surface area contributed by atoms with Crippen LogP contribution >= 0.6 is 0 Å². The topological polar surface area (TPSA) is 175 Å². The molecular weight excluding hydrogens is 751 g/mol. The zero-order chi connectivity index (χ0) is 41.4. The summed E-state index contributed by atoms with van der Waals surface area (Å²) < 4.78 is 41.4. The molecule has 2 saturated heterocycles. The predicted octanol–water partition coefficient (Wildman–Crippen LogP) is 7.14. The number of likely N-dealkylation sites (tertiary alicyclic amines) is 2. The number of ether oxygens (including phenoxy) is 2. The van der Waals surface area contributed by atoms with E-state index in [0.717, 1.165) is 12.8 Å². The molecule has 7 rings (SSSR count). The summed E-state index contributed by atoms with van der Waals surface area (Å²) in [4.78, 5) is 70.8. The highest BCUT2D eigenvalue weighted by molar-refractivity contribution is 5.88. The highest BCUT2D eigenvalue weighted by Crippen LogP contribution is 2.37. The molecule has 0 spiro atoms. The molecular formula is C42H48F2N8O6. The third kappa shape index (κ3) is 7.79. The third-order valence-electron chi connectivity index (χ3n) is 11.2. The quantitative estimate of drug-likeness (QED) is 0.115. The van der Waals surface area contributed by atoms with Gasteiger partial charge in [-0.05, 0) is 85.0 Å². The molecule has 4 heterocycles. The largest absolute Gasteiger partial charge is 0.453 e. The Hall–Kier alpha value is -6.06. The van der Waals surface area contributed by atoms with Gasteiger partial charge in [0.25, 0.3) is 0 Å². The number of amides is 4. The maximum atomic E-state index is 15.9. The lowest BCUT2D eigenvalue weighted by Crippen LogP contribution is -2.51. The lowest BCUT2D eigenvalue weighted by Gasteiger charge is -2.29. The Labute approximate surface area is 334 Å². The van der Waals surface area contributed by atoms with Gasteiger partial charge in [-0.25, -0.2) is 28.3 Å². The van der Waals surface area contributed by atoms with E-state index in [0.29, 0.717) is 70.8 Å². The number of halogens is 2. The number of rotatable bonds is 10. The summed E-state index contributed by atoms with van der Waals surface area (Å²) in [7, 11) is 2.50. The van der Waals surface area contributed by atoms with E-state index >= 15 is 8.78 Å². The molecule has 2 aliphatic heterocycles. The van der Waals surface area contributed by atoms with Crippen molar-refractivity contribution in [3.63, 3.8) is 0 Å². The van der Waals surface area contributed by atoms with Crippen LogP contribution in [-0.2, 0) is 19.1 Å². The van der Waals surface area contributed by atoms with Gasteiger partial charge in [0.2, 0.25) is 11.8 Å². The highest BCUT2D eigenvalue weighted by Gasteiger charge is 2.39. The van der Waals surface area contributed by atoms with Gasteiger partial charge in [0.1, 0.15) is 35.4 Å². The van der Waals surface area contributed by atoms with Gasteiger partial charge in [0, 0.05) is 24.2 Å². The van der Waals surface area contributed by atoms with E-state index in [1.165, 1.54) is 26.4 Å². The molecule has 16 heteroatoms. The van der Waals surface area contributed by atoms with E-state index in [1.54, 1.807) is 46.2 Å². The highest BCUT2D eigenvalue weighted by atomic mass is 19.1. The molecule has 2 aromatic heterocycles. The second kappa shape index (κ2) is 16.4. The first-order valence-corrected chi connectivity index (χ1v) is 19.6. The van der Waals surface area contributed by atoms with Gasteiger partial charge in [-0.15, -0.1) is 0 Å². The molecule has 0 aliphatic carbocycles. The Morgan fingerprint density at radius 3 is 1.43 bits per heavy atom. The zero-order valence-corrected chi connectivity index (χ0v) is 33.3. The minimum absolute atomic E-state index is 0.0644. The number of aromatic nitrogens is 4. The van der Waals surface area contributed by atoms with Gasteiger partial charge in [0.15, 0.2) is 0 Å². The van der Waals surface area contributed by atoms with Crippen LogP contribution in [0.5, 0.6) is 0 Å². The fourth-order valence-corrected chi connectivity index (χ4v) is 8.08. The summed E-state index contributed by atoms with van der Waals surface area (Å²) in [6.45, 7) is 8.40. The maximum absolute atomic E-state index is 15.9. The summed E-state index contributed by atoms with van der Waals surface area (Å²) >= 11 is 0. The van der Waals surface area contributed by atoms with Crippen LogP contribution in [0, 0.1) is 23.5 Å². The van der Waals surface area contributed by atoms with E-state index in [2.05, 4.69) is 20.6 Å². The van der Waals surface area contributed by atoms with Gasteiger partial charge < -0.3 is 39.9 Å². The van der Waals surface area contributed by atoms with Crippen molar-refractivity contribution in [1.29, 1.82) is 0 Å². The first kappa shape index (κ1) is 40.1. The van der Waals surface area contributed by atoms with Crippen LogP contribution in [0.25, 0.3) is 44.3 Å². The molecule has 0 bridgehead atoms. The molecule has 2 aliphatic rings. The number of fused-ring (bicyclic) bond motifs is 2. The second-order valence-electron chi connectivity index (χ2n) is 15.6. The molecule has 3 aromatic carbocycles. The molecule has 2 fully saturated rings. The van der Waals surface area contributed by atoms with Crippen molar-refractivity contribution in [1.82, 2.24) is 40.4 Å². The average Bonchev–Trinajstić information content (AvgIpc) is 4.03.